The predicted octanol–water partition coefficient (Wildman–Crippen LogP) is 0.190. The summed E-state index contributed by atoms with van der Waals surface area (Å²) in [5.41, 5.74) is 5.94. The number of piperidine rings is 1. The molecule has 1 aromatic heterocycles. The lowest BCUT2D eigenvalue weighted by molar-refractivity contribution is 0.0603. The van der Waals surface area contributed by atoms with Gasteiger partial charge in [-0.1, -0.05) is 0 Å². The van der Waals surface area contributed by atoms with E-state index in [1.54, 1.807) is 0 Å². The molecule has 7 heteroatoms. The van der Waals surface area contributed by atoms with E-state index in [0.29, 0.717) is 11.7 Å². The first-order chi connectivity index (χ1) is 8.72. The van der Waals surface area contributed by atoms with Gasteiger partial charge in [-0.05, 0) is 31.8 Å². The van der Waals surface area contributed by atoms with Gasteiger partial charge in [0.2, 0.25) is 0 Å². The molecule has 1 fully saturated rings. The molecule has 7 nitrogen and oxygen atoms in total. The lowest BCUT2D eigenvalue weighted by atomic mass is 9.98. The van der Waals surface area contributed by atoms with E-state index in [0.717, 1.165) is 32.5 Å². The van der Waals surface area contributed by atoms with Crippen LogP contribution in [0.2, 0.25) is 0 Å². The first-order valence-corrected chi connectivity index (χ1v) is 6.09. The number of carbonyl (C=O) groups is 1. The van der Waals surface area contributed by atoms with Crippen molar-refractivity contribution in [3.05, 3.63) is 5.56 Å². The van der Waals surface area contributed by atoms with Gasteiger partial charge >= 0.3 is 5.97 Å². The number of carbonyl (C=O) groups excluding carboxylic acids is 1. The Morgan fingerprint density at radius 3 is 2.94 bits per heavy atom. The third kappa shape index (κ3) is 2.73. The van der Waals surface area contributed by atoms with E-state index in [-0.39, 0.29) is 11.4 Å². The smallest absolute Gasteiger partial charge is 0.345 e. The highest BCUT2D eigenvalue weighted by molar-refractivity contribution is 5.99. The molecule has 0 aromatic carbocycles. The summed E-state index contributed by atoms with van der Waals surface area (Å²) in [5.74, 6) is 0.816. The summed E-state index contributed by atoms with van der Waals surface area (Å²) in [5, 5.41) is 13.1. The average molecular weight is 253 g/mol. The fourth-order valence-corrected chi connectivity index (χ4v) is 2.12. The van der Waals surface area contributed by atoms with E-state index < -0.39 is 5.97 Å². The molecule has 0 aliphatic carbocycles. The fourth-order valence-electron chi connectivity index (χ4n) is 2.12. The number of nitrogens with two attached hydrogens (primary N) is 1. The summed E-state index contributed by atoms with van der Waals surface area (Å²) >= 11 is 0. The number of ether oxygens (including phenoxy) is 1. The van der Waals surface area contributed by atoms with Gasteiger partial charge in [0.05, 0.1) is 7.11 Å². The summed E-state index contributed by atoms with van der Waals surface area (Å²) in [6.07, 6.45) is 2.25. The van der Waals surface area contributed by atoms with E-state index in [4.69, 9.17) is 5.73 Å². The standard InChI is InChI=1S/C11H19N5O2/c1-18-11(17)8-9(12)15-16-10(8)14-6-7-2-4-13-5-3-7/h7,13H,2-6H2,1H3,(H4,12,14,15,16). The topological polar surface area (TPSA) is 105 Å². The number of nitrogen functional groups attached to an aromatic ring is 1. The van der Waals surface area contributed by atoms with Crippen molar-refractivity contribution >= 4 is 17.6 Å². The van der Waals surface area contributed by atoms with E-state index in [9.17, 15) is 4.79 Å². The Balaban J connectivity index is 1.98. The van der Waals surface area contributed by atoms with E-state index in [2.05, 4.69) is 25.6 Å². The van der Waals surface area contributed by atoms with Crippen LogP contribution in [0.4, 0.5) is 11.6 Å². The molecule has 1 saturated heterocycles. The molecule has 1 aliphatic heterocycles. The first kappa shape index (κ1) is 12.7. The molecule has 2 rings (SSSR count). The van der Waals surface area contributed by atoms with Crippen LogP contribution in [0, 0.1) is 5.92 Å². The Labute approximate surface area is 105 Å². The largest absolute Gasteiger partial charge is 0.465 e. The second-order valence-corrected chi connectivity index (χ2v) is 4.43. The molecule has 5 N–H and O–H groups in total. The van der Waals surface area contributed by atoms with Crippen molar-refractivity contribution < 1.29 is 9.53 Å². The van der Waals surface area contributed by atoms with Crippen LogP contribution in [0.3, 0.4) is 0 Å². The average Bonchev–Trinajstić information content (AvgIpc) is 2.78. The predicted molar refractivity (Wildman–Crippen MR) is 68.4 cm³/mol. The molecule has 0 saturated carbocycles. The van der Waals surface area contributed by atoms with Crippen LogP contribution >= 0.6 is 0 Å². The van der Waals surface area contributed by atoms with Gasteiger partial charge in [0.1, 0.15) is 11.4 Å². The minimum atomic E-state index is -0.478. The highest BCUT2D eigenvalue weighted by Crippen LogP contribution is 2.21. The number of hydrogen-bond donors (Lipinski definition) is 4. The van der Waals surface area contributed by atoms with Gasteiger partial charge in [0.25, 0.3) is 0 Å². The zero-order valence-electron chi connectivity index (χ0n) is 10.5. The van der Waals surface area contributed by atoms with Crippen molar-refractivity contribution in [2.75, 3.05) is 37.8 Å². The lowest BCUT2D eigenvalue weighted by Crippen LogP contribution is -2.31. The fraction of sp³-hybridized carbons (Fsp3) is 0.636. The number of rotatable bonds is 4. The van der Waals surface area contributed by atoms with Gasteiger partial charge in [-0.3, -0.25) is 5.10 Å². The highest BCUT2D eigenvalue weighted by Gasteiger charge is 2.20. The van der Waals surface area contributed by atoms with Crippen LogP contribution in [-0.4, -0.2) is 42.9 Å². The minimum absolute atomic E-state index is 0.231. The van der Waals surface area contributed by atoms with Crippen LogP contribution < -0.4 is 16.4 Å². The van der Waals surface area contributed by atoms with Crippen LogP contribution in [-0.2, 0) is 4.74 Å². The van der Waals surface area contributed by atoms with Gasteiger partial charge in [0.15, 0.2) is 5.82 Å². The van der Waals surface area contributed by atoms with Crippen LogP contribution in [0.1, 0.15) is 23.2 Å². The van der Waals surface area contributed by atoms with Gasteiger partial charge in [-0.25, -0.2) is 4.79 Å². The normalized spacial score (nSPS) is 16.5. The van der Waals surface area contributed by atoms with Gasteiger partial charge < -0.3 is 21.1 Å². The Kier molecular flexibility index (Phi) is 4.03. The summed E-state index contributed by atoms with van der Waals surface area (Å²) < 4.78 is 4.68. The Morgan fingerprint density at radius 2 is 2.28 bits per heavy atom. The minimum Gasteiger partial charge on any atom is -0.465 e. The van der Waals surface area contributed by atoms with Gasteiger partial charge in [-0.2, -0.15) is 5.10 Å². The molecule has 1 aromatic rings. The zero-order chi connectivity index (χ0) is 13.0. The maximum atomic E-state index is 11.6. The van der Waals surface area contributed by atoms with Crippen LogP contribution in [0.15, 0.2) is 0 Å². The van der Waals surface area contributed by atoms with Gasteiger partial charge in [-0.15, -0.1) is 0 Å². The first-order valence-electron chi connectivity index (χ1n) is 6.09. The van der Waals surface area contributed by atoms with E-state index >= 15 is 0 Å². The maximum Gasteiger partial charge on any atom is 0.345 e. The molecular formula is C11H19N5O2. The summed E-state index contributed by atoms with van der Waals surface area (Å²) in [7, 11) is 1.32. The zero-order valence-corrected chi connectivity index (χ0v) is 10.5. The third-order valence-electron chi connectivity index (χ3n) is 3.20. The summed E-state index contributed by atoms with van der Waals surface area (Å²) in [6, 6.07) is 0. The molecule has 0 spiro atoms. The molecule has 0 bridgehead atoms. The van der Waals surface area contributed by atoms with Crippen molar-refractivity contribution in [3.63, 3.8) is 0 Å². The number of aromatic nitrogens is 2. The summed E-state index contributed by atoms with van der Waals surface area (Å²) in [6.45, 7) is 2.87. The number of nitrogens with zero attached hydrogens (tertiary/aromatic N) is 1. The molecule has 0 radical (unpaired) electrons. The molecule has 1 aliphatic rings. The monoisotopic (exact) mass is 253 g/mol. The number of anilines is 2. The van der Waals surface area contributed by atoms with Crippen LogP contribution in [0.5, 0.6) is 0 Å². The molecule has 18 heavy (non-hydrogen) atoms. The second-order valence-electron chi connectivity index (χ2n) is 4.43. The van der Waals surface area contributed by atoms with Crippen molar-refractivity contribution in [1.82, 2.24) is 15.5 Å². The third-order valence-corrected chi connectivity index (χ3v) is 3.20. The van der Waals surface area contributed by atoms with Crippen LogP contribution in [0.25, 0.3) is 0 Å². The summed E-state index contributed by atoms with van der Waals surface area (Å²) in [4.78, 5) is 11.6. The molecule has 2 heterocycles. The number of methoxy groups -OCH3 is 1. The molecule has 0 unspecified atom stereocenters. The second kappa shape index (κ2) is 5.72. The molecule has 0 amide bonds. The van der Waals surface area contributed by atoms with E-state index in [1.165, 1.54) is 7.11 Å². The Bertz CT molecular complexity index is 412. The lowest BCUT2D eigenvalue weighted by Gasteiger charge is -2.22. The molecule has 100 valence electrons. The van der Waals surface area contributed by atoms with Crippen molar-refractivity contribution in [2.24, 2.45) is 5.92 Å². The molecule has 0 atom stereocenters. The van der Waals surface area contributed by atoms with Crippen molar-refractivity contribution in [1.29, 1.82) is 0 Å². The number of nitrogens with one attached hydrogen (secondary N) is 3. The maximum absolute atomic E-state index is 11.6. The number of aromatic amines is 1. The Hall–Kier alpha value is -1.76. The van der Waals surface area contributed by atoms with Crippen molar-refractivity contribution in [3.8, 4) is 0 Å². The number of esters is 1. The van der Waals surface area contributed by atoms with Crippen molar-refractivity contribution in [2.45, 2.75) is 12.8 Å². The van der Waals surface area contributed by atoms with E-state index in [1.807, 2.05) is 0 Å². The number of hydrogen-bond acceptors (Lipinski definition) is 6. The highest BCUT2D eigenvalue weighted by atomic mass is 16.5. The number of H-pyrrole nitrogens is 1. The van der Waals surface area contributed by atoms with Gasteiger partial charge in [0, 0.05) is 6.54 Å². The quantitative estimate of drug-likeness (QED) is 0.571. The molecular weight excluding hydrogens is 234 g/mol. The Morgan fingerprint density at radius 1 is 1.56 bits per heavy atom. The SMILES string of the molecule is COC(=O)c1c(NCC2CCNCC2)n[nH]c1N.